The van der Waals surface area contributed by atoms with Crippen LogP contribution in [-0.2, 0) is 0 Å². The summed E-state index contributed by atoms with van der Waals surface area (Å²) in [5.41, 5.74) is 2.59. The largest absolute Gasteiger partial charge is 0.368 e. The van der Waals surface area contributed by atoms with Gasteiger partial charge in [-0.3, -0.25) is 9.78 Å². The number of carbonyl (C=O) groups is 1. The maximum Gasteiger partial charge on any atom is 0.274 e. The highest BCUT2D eigenvalue weighted by Crippen LogP contribution is 2.21. The Labute approximate surface area is 163 Å². The van der Waals surface area contributed by atoms with Gasteiger partial charge < -0.3 is 15.1 Å². The fourth-order valence-electron chi connectivity index (χ4n) is 3.35. The topological polar surface area (TPSA) is 48.5 Å². The van der Waals surface area contributed by atoms with Gasteiger partial charge in [-0.25, -0.2) is 4.39 Å². The number of nitrogens with zero attached hydrogens (tertiary/aromatic N) is 3. The number of anilines is 3. The summed E-state index contributed by atoms with van der Waals surface area (Å²) < 4.78 is 13.8. The molecule has 0 saturated carbocycles. The lowest BCUT2D eigenvalue weighted by atomic mass is 10.2. The number of halogens is 1. The molecule has 2 aromatic carbocycles. The number of amides is 1. The van der Waals surface area contributed by atoms with Crippen LogP contribution in [-0.4, -0.2) is 37.1 Å². The lowest BCUT2D eigenvalue weighted by Crippen LogP contribution is -2.46. The van der Waals surface area contributed by atoms with Crippen LogP contribution in [0.3, 0.4) is 0 Å². The minimum atomic E-state index is -0.468. The summed E-state index contributed by atoms with van der Waals surface area (Å²) in [5.74, 6) is -0.890. The van der Waals surface area contributed by atoms with Gasteiger partial charge in [0.1, 0.15) is 11.5 Å². The van der Waals surface area contributed by atoms with E-state index in [1.165, 1.54) is 17.8 Å². The number of benzene rings is 2. The molecule has 6 heteroatoms. The summed E-state index contributed by atoms with van der Waals surface area (Å²) >= 11 is 0. The van der Waals surface area contributed by atoms with E-state index in [1.54, 1.807) is 24.4 Å². The quantitative estimate of drug-likeness (QED) is 0.753. The minimum Gasteiger partial charge on any atom is -0.368 e. The second-order valence-electron chi connectivity index (χ2n) is 6.64. The van der Waals surface area contributed by atoms with E-state index in [1.807, 2.05) is 24.3 Å². The monoisotopic (exact) mass is 376 g/mol. The van der Waals surface area contributed by atoms with Crippen LogP contribution < -0.4 is 15.1 Å². The first-order valence-corrected chi connectivity index (χ1v) is 9.27. The van der Waals surface area contributed by atoms with Gasteiger partial charge in [-0.1, -0.05) is 30.3 Å². The first kappa shape index (κ1) is 18.0. The van der Waals surface area contributed by atoms with Gasteiger partial charge in [0.05, 0.1) is 5.69 Å². The van der Waals surface area contributed by atoms with Crippen LogP contribution in [0, 0.1) is 5.82 Å². The van der Waals surface area contributed by atoms with Crippen LogP contribution in [0.25, 0.3) is 0 Å². The summed E-state index contributed by atoms with van der Waals surface area (Å²) in [7, 11) is 0. The predicted molar refractivity (Wildman–Crippen MR) is 109 cm³/mol. The standard InChI is InChI=1S/C22H21FN4O/c23-19-8-4-5-9-20(19)25-22(28)21-16-18(10-11-24-21)27-14-12-26(13-15-27)17-6-2-1-3-7-17/h1-11,16H,12-15H2,(H,25,28). The number of piperazine rings is 1. The van der Waals surface area contributed by atoms with Gasteiger partial charge in [0.25, 0.3) is 5.91 Å². The second kappa shape index (κ2) is 8.08. The van der Waals surface area contributed by atoms with Crippen molar-refractivity contribution in [3.8, 4) is 0 Å². The Bertz CT molecular complexity index is 956. The van der Waals surface area contributed by atoms with Gasteiger partial charge in [0.15, 0.2) is 0 Å². The molecular formula is C22H21FN4O. The zero-order chi connectivity index (χ0) is 19.3. The highest BCUT2D eigenvalue weighted by atomic mass is 19.1. The number of aromatic nitrogens is 1. The zero-order valence-corrected chi connectivity index (χ0v) is 15.4. The third-order valence-electron chi connectivity index (χ3n) is 4.86. The van der Waals surface area contributed by atoms with Crippen molar-refractivity contribution in [2.45, 2.75) is 0 Å². The average molecular weight is 376 g/mol. The van der Waals surface area contributed by atoms with Crippen molar-refractivity contribution in [1.29, 1.82) is 0 Å². The van der Waals surface area contributed by atoms with Gasteiger partial charge in [0.2, 0.25) is 0 Å². The summed E-state index contributed by atoms with van der Waals surface area (Å²) in [6.07, 6.45) is 1.62. The zero-order valence-electron chi connectivity index (χ0n) is 15.4. The number of nitrogens with one attached hydrogen (secondary N) is 1. The Morgan fingerprint density at radius 2 is 1.50 bits per heavy atom. The van der Waals surface area contributed by atoms with E-state index in [0.717, 1.165) is 31.9 Å². The number of hydrogen-bond acceptors (Lipinski definition) is 4. The SMILES string of the molecule is O=C(Nc1ccccc1F)c1cc(N2CCN(c3ccccc3)CC2)ccn1. The van der Waals surface area contributed by atoms with Crippen LogP contribution >= 0.6 is 0 Å². The summed E-state index contributed by atoms with van der Waals surface area (Å²) in [6.45, 7) is 3.52. The molecule has 0 radical (unpaired) electrons. The van der Waals surface area contributed by atoms with E-state index in [0.29, 0.717) is 0 Å². The minimum absolute atomic E-state index is 0.149. The van der Waals surface area contributed by atoms with Crippen LogP contribution in [0.5, 0.6) is 0 Å². The van der Waals surface area contributed by atoms with Gasteiger partial charge >= 0.3 is 0 Å². The van der Waals surface area contributed by atoms with E-state index in [4.69, 9.17) is 0 Å². The van der Waals surface area contributed by atoms with Crippen molar-refractivity contribution >= 4 is 23.0 Å². The number of hydrogen-bond donors (Lipinski definition) is 1. The van der Waals surface area contributed by atoms with E-state index in [-0.39, 0.29) is 11.4 Å². The normalized spacial score (nSPS) is 14.0. The van der Waals surface area contributed by atoms with Crippen molar-refractivity contribution in [2.75, 3.05) is 41.3 Å². The first-order chi connectivity index (χ1) is 13.7. The molecule has 1 saturated heterocycles. The molecule has 1 aliphatic heterocycles. The number of pyridine rings is 1. The molecule has 142 valence electrons. The molecule has 1 aromatic heterocycles. The van der Waals surface area contributed by atoms with Crippen LogP contribution in [0.2, 0.25) is 0 Å². The lowest BCUT2D eigenvalue weighted by molar-refractivity contribution is 0.102. The molecule has 4 rings (SSSR count). The molecule has 0 bridgehead atoms. The number of para-hydroxylation sites is 2. The van der Waals surface area contributed by atoms with E-state index >= 15 is 0 Å². The summed E-state index contributed by atoms with van der Waals surface area (Å²) in [4.78, 5) is 21.2. The maximum absolute atomic E-state index is 13.8. The molecule has 2 heterocycles. The molecule has 1 N–H and O–H groups in total. The highest BCUT2D eigenvalue weighted by Gasteiger charge is 2.19. The fraction of sp³-hybridized carbons (Fsp3) is 0.182. The third kappa shape index (κ3) is 3.96. The Hall–Kier alpha value is -3.41. The molecule has 0 atom stereocenters. The Kier molecular flexibility index (Phi) is 5.19. The van der Waals surface area contributed by atoms with Crippen molar-refractivity contribution in [3.05, 3.63) is 84.4 Å². The van der Waals surface area contributed by atoms with E-state index < -0.39 is 11.7 Å². The molecule has 28 heavy (non-hydrogen) atoms. The van der Waals surface area contributed by atoms with Crippen LogP contribution in [0.1, 0.15) is 10.5 Å². The van der Waals surface area contributed by atoms with Gasteiger partial charge in [-0.2, -0.15) is 0 Å². The van der Waals surface area contributed by atoms with Gasteiger partial charge in [0, 0.05) is 43.8 Å². The van der Waals surface area contributed by atoms with Crippen molar-refractivity contribution in [2.24, 2.45) is 0 Å². The third-order valence-corrected chi connectivity index (χ3v) is 4.86. The number of carbonyl (C=O) groups excluding carboxylic acids is 1. The molecule has 0 spiro atoms. The summed E-state index contributed by atoms with van der Waals surface area (Å²) in [5, 5.41) is 2.58. The van der Waals surface area contributed by atoms with Gasteiger partial charge in [-0.05, 0) is 36.4 Å². The molecule has 3 aromatic rings. The van der Waals surface area contributed by atoms with Gasteiger partial charge in [-0.15, -0.1) is 0 Å². The average Bonchev–Trinajstić information content (AvgIpc) is 2.76. The Morgan fingerprint density at radius 1 is 0.857 bits per heavy atom. The predicted octanol–water partition coefficient (Wildman–Crippen LogP) is 3.80. The number of rotatable bonds is 4. The Morgan fingerprint density at radius 3 is 2.21 bits per heavy atom. The van der Waals surface area contributed by atoms with Crippen molar-refractivity contribution in [1.82, 2.24) is 4.98 Å². The van der Waals surface area contributed by atoms with Crippen molar-refractivity contribution < 1.29 is 9.18 Å². The smallest absolute Gasteiger partial charge is 0.274 e. The van der Waals surface area contributed by atoms with E-state index in [9.17, 15) is 9.18 Å². The molecule has 1 aliphatic rings. The summed E-state index contributed by atoms with van der Waals surface area (Å²) in [6, 6.07) is 20.1. The van der Waals surface area contributed by atoms with Crippen molar-refractivity contribution in [3.63, 3.8) is 0 Å². The second-order valence-corrected chi connectivity index (χ2v) is 6.64. The maximum atomic E-state index is 13.8. The molecule has 1 amide bonds. The van der Waals surface area contributed by atoms with Crippen LogP contribution in [0.15, 0.2) is 72.9 Å². The Balaban J connectivity index is 1.43. The molecular weight excluding hydrogens is 355 g/mol. The lowest BCUT2D eigenvalue weighted by Gasteiger charge is -2.37. The highest BCUT2D eigenvalue weighted by molar-refractivity contribution is 6.03. The molecule has 0 aliphatic carbocycles. The molecule has 0 unspecified atom stereocenters. The molecule has 5 nitrogen and oxygen atoms in total. The fourth-order valence-corrected chi connectivity index (χ4v) is 3.35. The van der Waals surface area contributed by atoms with E-state index in [2.05, 4.69) is 32.2 Å². The molecule has 1 fully saturated rings. The van der Waals surface area contributed by atoms with Crippen LogP contribution in [0.4, 0.5) is 21.5 Å². The first-order valence-electron chi connectivity index (χ1n) is 9.27.